The van der Waals surface area contributed by atoms with Crippen molar-refractivity contribution in [2.75, 3.05) is 19.6 Å². The Labute approximate surface area is 136 Å². The number of nitrogens with one attached hydrogen (secondary N) is 2. The maximum atomic E-state index is 4.62. The molecular weight excluding hydrogens is 294 g/mol. The minimum absolute atomic E-state index is 0.823. The molecule has 0 amide bonds. The molecule has 0 aliphatic heterocycles. The van der Waals surface area contributed by atoms with Gasteiger partial charge in [-0.2, -0.15) is 5.10 Å². The fourth-order valence-corrected chi connectivity index (χ4v) is 2.88. The summed E-state index contributed by atoms with van der Waals surface area (Å²) in [5.74, 6) is 0.908. The van der Waals surface area contributed by atoms with Crippen LogP contribution < -0.4 is 10.6 Å². The first kappa shape index (κ1) is 16.5. The normalized spacial score (nSPS) is 11.6. The highest BCUT2D eigenvalue weighted by Crippen LogP contribution is 2.08. The molecule has 5 nitrogen and oxygen atoms in total. The van der Waals surface area contributed by atoms with Gasteiger partial charge in [-0.05, 0) is 43.2 Å². The van der Waals surface area contributed by atoms with E-state index in [0.717, 1.165) is 44.9 Å². The van der Waals surface area contributed by atoms with Gasteiger partial charge in [0.25, 0.3) is 0 Å². The van der Waals surface area contributed by atoms with Gasteiger partial charge < -0.3 is 10.6 Å². The summed E-state index contributed by atoms with van der Waals surface area (Å²) >= 11 is 1.80. The highest BCUT2D eigenvalue weighted by Gasteiger charge is 1.99. The molecule has 0 radical (unpaired) electrons. The number of aromatic nitrogens is 2. The summed E-state index contributed by atoms with van der Waals surface area (Å²) in [5.41, 5.74) is 1.27. The number of hydrogen-bond acceptors (Lipinski definition) is 3. The number of aliphatic imine (C=N–C) groups is 1. The quantitative estimate of drug-likeness (QED) is 0.446. The van der Waals surface area contributed by atoms with Gasteiger partial charge in [-0.15, -0.1) is 11.3 Å². The van der Waals surface area contributed by atoms with Crippen molar-refractivity contribution in [3.8, 4) is 0 Å². The molecule has 2 heterocycles. The van der Waals surface area contributed by atoms with Crippen LogP contribution in [0.5, 0.6) is 0 Å². The molecule has 0 aliphatic rings. The van der Waals surface area contributed by atoms with Gasteiger partial charge in [0, 0.05) is 37.8 Å². The first-order chi connectivity index (χ1) is 10.8. The minimum Gasteiger partial charge on any atom is -0.357 e. The van der Waals surface area contributed by atoms with E-state index in [2.05, 4.69) is 51.4 Å². The van der Waals surface area contributed by atoms with Crippen molar-refractivity contribution >= 4 is 17.3 Å². The van der Waals surface area contributed by atoms with Crippen molar-refractivity contribution in [3.05, 3.63) is 40.3 Å². The van der Waals surface area contributed by atoms with Gasteiger partial charge in [0.1, 0.15) is 0 Å². The average molecular weight is 319 g/mol. The van der Waals surface area contributed by atoms with E-state index in [1.165, 1.54) is 10.4 Å². The number of aryl methyl sites for hydroxylation is 2. The summed E-state index contributed by atoms with van der Waals surface area (Å²) < 4.78 is 1.84. The lowest BCUT2D eigenvalue weighted by molar-refractivity contribution is 0.763. The van der Waals surface area contributed by atoms with Gasteiger partial charge in [-0.25, -0.2) is 0 Å². The van der Waals surface area contributed by atoms with Crippen molar-refractivity contribution in [2.24, 2.45) is 12.0 Å². The predicted molar refractivity (Wildman–Crippen MR) is 93.5 cm³/mol. The standard InChI is InChI=1S/C16H25N5S/c1-3-17-16(19-10-8-15-7-5-11-22-15)18-9-4-6-14-12-20-21(2)13-14/h5,7,11-13H,3-4,6,8-10H2,1-2H3,(H2,17,18,19). The summed E-state index contributed by atoms with van der Waals surface area (Å²) in [6.45, 7) is 4.71. The second-order valence-electron chi connectivity index (χ2n) is 5.14. The maximum absolute atomic E-state index is 4.62. The van der Waals surface area contributed by atoms with Crippen LogP contribution in [0.4, 0.5) is 0 Å². The van der Waals surface area contributed by atoms with Crippen LogP contribution in [0.15, 0.2) is 34.9 Å². The molecule has 2 N–H and O–H groups in total. The fraction of sp³-hybridized carbons (Fsp3) is 0.500. The Hall–Kier alpha value is -1.82. The van der Waals surface area contributed by atoms with Crippen molar-refractivity contribution in [3.63, 3.8) is 0 Å². The average Bonchev–Trinajstić information content (AvgIpc) is 3.15. The van der Waals surface area contributed by atoms with Gasteiger partial charge >= 0.3 is 0 Å². The van der Waals surface area contributed by atoms with Gasteiger partial charge in [0.2, 0.25) is 0 Å². The molecule has 2 aromatic rings. The zero-order valence-corrected chi connectivity index (χ0v) is 14.2. The van der Waals surface area contributed by atoms with Crippen molar-refractivity contribution in [1.82, 2.24) is 20.4 Å². The molecule has 2 aromatic heterocycles. The third-order valence-electron chi connectivity index (χ3n) is 3.24. The zero-order chi connectivity index (χ0) is 15.6. The Balaban J connectivity index is 1.69. The number of nitrogens with zero attached hydrogens (tertiary/aromatic N) is 3. The summed E-state index contributed by atoms with van der Waals surface area (Å²) in [6.07, 6.45) is 7.08. The van der Waals surface area contributed by atoms with Crippen LogP contribution in [0.3, 0.4) is 0 Å². The van der Waals surface area contributed by atoms with E-state index < -0.39 is 0 Å². The molecule has 0 saturated heterocycles. The molecule has 0 aliphatic carbocycles. The zero-order valence-electron chi connectivity index (χ0n) is 13.4. The summed E-state index contributed by atoms with van der Waals surface area (Å²) in [6, 6.07) is 4.27. The maximum Gasteiger partial charge on any atom is 0.191 e. The van der Waals surface area contributed by atoms with E-state index in [9.17, 15) is 0 Å². The van der Waals surface area contributed by atoms with Crippen molar-refractivity contribution < 1.29 is 0 Å². The van der Waals surface area contributed by atoms with Gasteiger partial charge in [0.15, 0.2) is 5.96 Å². The molecule has 0 unspecified atom stereocenters. The Bertz CT molecular complexity index is 559. The van der Waals surface area contributed by atoms with Gasteiger partial charge in [-0.3, -0.25) is 9.67 Å². The van der Waals surface area contributed by atoms with Crippen LogP contribution in [0.2, 0.25) is 0 Å². The Morgan fingerprint density at radius 1 is 1.36 bits per heavy atom. The van der Waals surface area contributed by atoms with E-state index in [1.54, 1.807) is 11.3 Å². The topological polar surface area (TPSA) is 54.2 Å². The first-order valence-electron chi connectivity index (χ1n) is 7.80. The SMILES string of the molecule is CCNC(=NCCCc1cnn(C)c1)NCCc1cccs1. The number of hydrogen-bond donors (Lipinski definition) is 2. The fourth-order valence-electron chi connectivity index (χ4n) is 2.18. The molecule has 22 heavy (non-hydrogen) atoms. The summed E-state index contributed by atoms with van der Waals surface area (Å²) in [5, 5.41) is 13.0. The molecule has 0 aromatic carbocycles. The van der Waals surface area contributed by atoms with E-state index >= 15 is 0 Å². The van der Waals surface area contributed by atoms with E-state index in [-0.39, 0.29) is 0 Å². The Morgan fingerprint density at radius 2 is 2.27 bits per heavy atom. The Morgan fingerprint density at radius 3 is 2.95 bits per heavy atom. The molecule has 0 bridgehead atoms. The minimum atomic E-state index is 0.823. The third-order valence-corrected chi connectivity index (χ3v) is 4.18. The van der Waals surface area contributed by atoms with Crippen LogP contribution in [0, 0.1) is 0 Å². The smallest absolute Gasteiger partial charge is 0.191 e. The molecular formula is C16H25N5S. The van der Waals surface area contributed by atoms with Crippen LogP contribution in [-0.4, -0.2) is 35.4 Å². The number of rotatable bonds is 8. The first-order valence-corrected chi connectivity index (χ1v) is 8.68. The van der Waals surface area contributed by atoms with Crippen LogP contribution >= 0.6 is 11.3 Å². The predicted octanol–water partition coefficient (Wildman–Crippen LogP) is 2.21. The monoisotopic (exact) mass is 319 g/mol. The summed E-state index contributed by atoms with van der Waals surface area (Å²) in [7, 11) is 1.95. The molecule has 0 saturated carbocycles. The lowest BCUT2D eigenvalue weighted by Gasteiger charge is -2.10. The Kier molecular flexibility index (Phi) is 6.96. The van der Waals surface area contributed by atoms with Crippen LogP contribution in [0.1, 0.15) is 23.8 Å². The molecule has 0 fully saturated rings. The molecule has 0 atom stereocenters. The highest BCUT2D eigenvalue weighted by atomic mass is 32.1. The largest absolute Gasteiger partial charge is 0.357 e. The highest BCUT2D eigenvalue weighted by molar-refractivity contribution is 7.09. The molecule has 2 rings (SSSR count). The van der Waals surface area contributed by atoms with Crippen LogP contribution in [0.25, 0.3) is 0 Å². The van der Waals surface area contributed by atoms with E-state index in [1.807, 2.05) is 17.9 Å². The van der Waals surface area contributed by atoms with Gasteiger partial charge in [-0.1, -0.05) is 6.07 Å². The van der Waals surface area contributed by atoms with Crippen LogP contribution in [-0.2, 0) is 19.9 Å². The lowest BCUT2D eigenvalue weighted by atomic mass is 10.2. The van der Waals surface area contributed by atoms with Crippen molar-refractivity contribution in [2.45, 2.75) is 26.2 Å². The van der Waals surface area contributed by atoms with Gasteiger partial charge in [0.05, 0.1) is 6.20 Å². The second kappa shape index (κ2) is 9.25. The number of guanidine groups is 1. The van der Waals surface area contributed by atoms with E-state index in [0.29, 0.717) is 0 Å². The number of thiophene rings is 1. The lowest BCUT2D eigenvalue weighted by Crippen LogP contribution is -2.38. The van der Waals surface area contributed by atoms with Crippen molar-refractivity contribution in [1.29, 1.82) is 0 Å². The third kappa shape index (κ3) is 5.89. The molecule has 120 valence electrons. The van der Waals surface area contributed by atoms with E-state index in [4.69, 9.17) is 0 Å². The molecule has 0 spiro atoms. The second-order valence-corrected chi connectivity index (χ2v) is 6.17. The molecule has 6 heteroatoms. The summed E-state index contributed by atoms with van der Waals surface area (Å²) in [4.78, 5) is 6.03.